The molecule has 0 aliphatic rings. The number of imidazole rings is 1. The number of hydrogen-bond acceptors (Lipinski definition) is 8. The molecule has 26 heavy (non-hydrogen) atoms. The molecule has 0 aliphatic carbocycles. The monoisotopic (exact) mass is 369 g/mol. The van der Waals surface area contributed by atoms with E-state index < -0.39 is 5.25 Å². The summed E-state index contributed by atoms with van der Waals surface area (Å²) >= 11 is 1.29. The van der Waals surface area contributed by atoms with Crippen LogP contribution in [0.3, 0.4) is 0 Å². The first-order valence-electron chi connectivity index (χ1n) is 7.88. The number of aromatic nitrogens is 7. The molecule has 132 valence electrons. The van der Waals surface area contributed by atoms with Gasteiger partial charge in [-0.05, 0) is 12.5 Å². The van der Waals surface area contributed by atoms with Crippen molar-refractivity contribution in [2.45, 2.75) is 23.6 Å². The van der Waals surface area contributed by atoms with Crippen molar-refractivity contribution < 1.29 is 4.79 Å². The van der Waals surface area contributed by atoms with E-state index in [0.717, 1.165) is 11.0 Å². The van der Waals surface area contributed by atoms with Gasteiger partial charge in [0.2, 0.25) is 17.8 Å². The molecule has 10 nitrogen and oxygen atoms in total. The van der Waals surface area contributed by atoms with Crippen LogP contribution in [0, 0.1) is 0 Å². The Bertz CT molecular complexity index is 1090. The Labute approximate surface area is 151 Å². The molecule has 0 unspecified atom stereocenters. The molecule has 1 atom stereocenters. The summed E-state index contributed by atoms with van der Waals surface area (Å²) < 4.78 is 0. The Morgan fingerprint density at radius 1 is 1.31 bits per heavy atom. The predicted molar refractivity (Wildman–Crippen MR) is 98.6 cm³/mol. The van der Waals surface area contributed by atoms with Crippen molar-refractivity contribution in [3.05, 3.63) is 24.8 Å². The summed E-state index contributed by atoms with van der Waals surface area (Å²) in [7, 11) is 0. The number of amides is 1. The van der Waals surface area contributed by atoms with E-state index in [1.54, 1.807) is 12.4 Å². The Morgan fingerprint density at radius 2 is 2.19 bits per heavy atom. The molecular formula is C15H15N9OS. The lowest BCUT2D eigenvalue weighted by atomic mass is 10.3. The first kappa shape index (κ1) is 16.3. The van der Waals surface area contributed by atoms with Gasteiger partial charge in [-0.1, -0.05) is 18.7 Å². The van der Waals surface area contributed by atoms with Gasteiger partial charge < -0.3 is 15.7 Å². The number of rotatable bonds is 5. The SMILES string of the molecule is CC[C@H](Sc1nc(N)nc2nc[nH]c12)C(=O)Nc1ncc2[nH]ccc2n1. The summed E-state index contributed by atoms with van der Waals surface area (Å²) in [5.74, 6) is 0.163. The largest absolute Gasteiger partial charge is 0.368 e. The molecular weight excluding hydrogens is 354 g/mol. The first-order valence-corrected chi connectivity index (χ1v) is 8.76. The fraction of sp³-hybridized carbons (Fsp3) is 0.200. The molecule has 0 fully saturated rings. The summed E-state index contributed by atoms with van der Waals surface area (Å²) in [5, 5.41) is 2.93. The van der Waals surface area contributed by atoms with Crippen LogP contribution in [0.5, 0.6) is 0 Å². The zero-order chi connectivity index (χ0) is 18.1. The van der Waals surface area contributed by atoms with Gasteiger partial charge in [0.1, 0.15) is 10.5 Å². The Balaban J connectivity index is 1.55. The molecule has 0 spiro atoms. The summed E-state index contributed by atoms with van der Waals surface area (Å²) in [6.45, 7) is 1.92. The Kier molecular flexibility index (Phi) is 4.13. The molecule has 0 aliphatic heterocycles. The average molecular weight is 369 g/mol. The zero-order valence-electron chi connectivity index (χ0n) is 13.7. The predicted octanol–water partition coefficient (Wildman–Crippen LogP) is 1.72. The summed E-state index contributed by atoms with van der Waals surface area (Å²) in [6.07, 6.45) is 5.50. The summed E-state index contributed by atoms with van der Waals surface area (Å²) in [6, 6.07) is 1.82. The molecule has 11 heteroatoms. The molecule has 1 amide bonds. The van der Waals surface area contributed by atoms with E-state index in [-0.39, 0.29) is 17.8 Å². The van der Waals surface area contributed by atoms with Crippen LogP contribution in [0.15, 0.2) is 29.8 Å². The third kappa shape index (κ3) is 3.04. The quantitative estimate of drug-likeness (QED) is 0.306. The van der Waals surface area contributed by atoms with Gasteiger partial charge in [0.15, 0.2) is 5.65 Å². The number of nitrogen functional groups attached to an aromatic ring is 1. The molecule has 0 saturated heterocycles. The number of fused-ring (bicyclic) bond motifs is 2. The highest BCUT2D eigenvalue weighted by atomic mass is 32.2. The van der Waals surface area contributed by atoms with Gasteiger partial charge in [-0.2, -0.15) is 4.98 Å². The lowest BCUT2D eigenvalue weighted by Crippen LogP contribution is -2.25. The fourth-order valence-electron chi connectivity index (χ4n) is 2.46. The molecule has 0 aromatic carbocycles. The molecule has 4 aromatic heterocycles. The van der Waals surface area contributed by atoms with Crippen LogP contribution in [0.25, 0.3) is 22.2 Å². The van der Waals surface area contributed by atoms with Gasteiger partial charge in [-0.25, -0.2) is 19.9 Å². The Morgan fingerprint density at radius 3 is 3.04 bits per heavy atom. The number of anilines is 2. The molecule has 4 rings (SSSR count). The second kappa shape index (κ2) is 6.59. The van der Waals surface area contributed by atoms with Gasteiger partial charge in [0.05, 0.1) is 28.8 Å². The molecule has 0 bridgehead atoms. The van der Waals surface area contributed by atoms with E-state index in [2.05, 4.69) is 40.2 Å². The minimum absolute atomic E-state index is 0.114. The normalized spacial score (nSPS) is 12.5. The minimum Gasteiger partial charge on any atom is -0.368 e. The van der Waals surface area contributed by atoms with Crippen molar-refractivity contribution in [2.24, 2.45) is 0 Å². The van der Waals surface area contributed by atoms with Crippen LogP contribution in [-0.2, 0) is 4.79 Å². The second-order valence-electron chi connectivity index (χ2n) is 5.46. The van der Waals surface area contributed by atoms with Gasteiger partial charge in [0, 0.05) is 6.20 Å². The maximum Gasteiger partial charge on any atom is 0.240 e. The van der Waals surface area contributed by atoms with Crippen LogP contribution < -0.4 is 11.1 Å². The lowest BCUT2D eigenvalue weighted by Gasteiger charge is -2.13. The second-order valence-corrected chi connectivity index (χ2v) is 6.65. The molecule has 0 radical (unpaired) electrons. The van der Waals surface area contributed by atoms with Crippen LogP contribution in [0.4, 0.5) is 11.9 Å². The third-order valence-corrected chi connectivity index (χ3v) is 5.07. The average Bonchev–Trinajstić information content (AvgIpc) is 3.27. The van der Waals surface area contributed by atoms with E-state index in [4.69, 9.17) is 5.73 Å². The topological polar surface area (TPSA) is 151 Å². The van der Waals surface area contributed by atoms with Crippen molar-refractivity contribution >= 4 is 51.8 Å². The zero-order valence-corrected chi connectivity index (χ0v) is 14.5. The number of H-pyrrole nitrogens is 2. The highest BCUT2D eigenvalue weighted by molar-refractivity contribution is 8.00. The number of nitrogens with one attached hydrogen (secondary N) is 3. The van der Waals surface area contributed by atoms with Gasteiger partial charge in [0.25, 0.3) is 0 Å². The summed E-state index contributed by atoms with van der Waals surface area (Å²) in [4.78, 5) is 39.5. The fourth-order valence-corrected chi connectivity index (χ4v) is 3.48. The van der Waals surface area contributed by atoms with Crippen LogP contribution in [-0.4, -0.2) is 46.0 Å². The number of carbonyl (C=O) groups is 1. The van der Waals surface area contributed by atoms with E-state index in [9.17, 15) is 4.79 Å². The molecule has 4 heterocycles. The number of aromatic amines is 2. The van der Waals surface area contributed by atoms with Crippen LogP contribution >= 0.6 is 11.8 Å². The summed E-state index contributed by atoms with van der Waals surface area (Å²) in [5.41, 5.74) is 8.40. The minimum atomic E-state index is -0.402. The van der Waals surface area contributed by atoms with Crippen molar-refractivity contribution in [3.63, 3.8) is 0 Å². The number of hydrogen-bond donors (Lipinski definition) is 4. The highest BCUT2D eigenvalue weighted by Crippen LogP contribution is 2.29. The van der Waals surface area contributed by atoms with Crippen LogP contribution in [0.1, 0.15) is 13.3 Å². The highest BCUT2D eigenvalue weighted by Gasteiger charge is 2.22. The van der Waals surface area contributed by atoms with E-state index in [1.165, 1.54) is 18.1 Å². The van der Waals surface area contributed by atoms with Crippen LogP contribution in [0.2, 0.25) is 0 Å². The number of thioether (sulfide) groups is 1. The van der Waals surface area contributed by atoms with Crippen molar-refractivity contribution in [1.82, 2.24) is 34.9 Å². The van der Waals surface area contributed by atoms with Crippen molar-refractivity contribution in [1.29, 1.82) is 0 Å². The van der Waals surface area contributed by atoms with Gasteiger partial charge >= 0.3 is 0 Å². The molecule has 5 N–H and O–H groups in total. The Hall–Kier alpha value is -3.21. The standard InChI is InChI=1S/C15H15N9OS/c1-2-9(26-13-10-11(20-6-19-10)22-14(16)24-13)12(25)23-15-18-5-8-7(21-15)3-4-17-8/h3-6,9,17H,2H2,1H3,(H,18,21,23,25)(H3,16,19,20,22,24)/t9-/m0/s1. The maximum absolute atomic E-state index is 12.7. The first-order chi connectivity index (χ1) is 12.6. The number of carbonyl (C=O) groups excluding carboxylic acids is 1. The maximum atomic E-state index is 12.7. The van der Waals surface area contributed by atoms with E-state index >= 15 is 0 Å². The number of nitrogens with two attached hydrogens (primary N) is 1. The van der Waals surface area contributed by atoms with Crippen molar-refractivity contribution in [2.75, 3.05) is 11.1 Å². The van der Waals surface area contributed by atoms with E-state index in [1.807, 2.05) is 13.0 Å². The van der Waals surface area contributed by atoms with Gasteiger partial charge in [-0.15, -0.1) is 0 Å². The lowest BCUT2D eigenvalue weighted by molar-refractivity contribution is -0.115. The third-order valence-electron chi connectivity index (χ3n) is 3.72. The smallest absolute Gasteiger partial charge is 0.240 e. The van der Waals surface area contributed by atoms with Crippen molar-refractivity contribution in [3.8, 4) is 0 Å². The van der Waals surface area contributed by atoms with E-state index in [0.29, 0.717) is 22.6 Å². The molecule has 0 saturated carbocycles. The molecule has 4 aromatic rings. The van der Waals surface area contributed by atoms with Gasteiger partial charge in [-0.3, -0.25) is 10.1 Å². The number of nitrogens with zero attached hydrogens (tertiary/aromatic N) is 5.